The van der Waals surface area contributed by atoms with Crippen molar-refractivity contribution in [3.63, 3.8) is 0 Å². The van der Waals surface area contributed by atoms with E-state index >= 15 is 0 Å². The SMILES string of the molecule is CC[N+](CC)(CC)CC#N.Cc1ccc(S(=O)(=O)[O-])cc1. The van der Waals surface area contributed by atoms with Crippen LogP contribution in [0.25, 0.3) is 0 Å². The smallest absolute Gasteiger partial charge is 0.166 e. The highest BCUT2D eigenvalue weighted by atomic mass is 32.2. The summed E-state index contributed by atoms with van der Waals surface area (Å²) in [4.78, 5) is -0.178. The lowest BCUT2D eigenvalue weighted by atomic mass is 10.2. The number of rotatable bonds is 5. The van der Waals surface area contributed by atoms with E-state index in [2.05, 4.69) is 26.8 Å². The van der Waals surface area contributed by atoms with Gasteiger partial charge in [-0.15, -0.1) is 0 Å². The molecule has 0 aliphatic heterocycles. The molecule has 5 nitrogen and oxygen atoms in total. The van der Waals surface area contributed by atoms with Gasteiger partial charge in [0.15, 0.2) is 6.54 Å². The fraction of sp³-hybridized carbons (Fsp3) is 0.533. The van der Waals surface area contributed by atoms with Crippen LogP contribution in [0.15, 0.2) is 29.2 Å². The fourth-order valence-electron chi connectivity index (χ4n) is 1.86. The summed E-state index contributed by atoms with van der Waals surface area (Å²) in [5.41, 5.74) is 0.928. The van der Waals surface area contributed by atoms with Gasteiger partial charge in [-0.1, -0.05) is 17.7 Å². The molecule has 0 aromatic heterocycles. The molecule has 0 heterocycles. The molecule has 0 spiro atoms. The molecule has 0 bridgehead atoms. The first-order valence-corrected chi connectivity index (χ1v) is 8.40. The number of nitrogens with zero attached hydrogens (tertiary/aromatic N) is 2. The Hall–Kier alpha value is -1.42. The molecule has 1 aromatic rings. The van der Waals surface area contributed by atoms with Gasteiger partial charge in [-0.3, -0.25) is 0 Å². The molecule has 0 N–H and O–H groups in total. The van der Waals surface area contributed by atoms with Crippen molar-refractivity contribution in [1.82, 2.24) is 0 Å². The van der Waals surface area contributed by atoms with E-state index in [9.17, 15) is 13.0 Å². The molecule has 21 heavy (non-hydrogen) atoms. The van der Waals surface area contributed by atoms with E-state index in [1.54, 1.807) is 12.1 Å². The Kier molecular flexibility index (Phi) is 8.18. The molecule has 0 amide bonds. The van der Waals surface area contributed by atoms with Crippen molar-refractivity contribution >= 4 is 10.1 Å². The van der Waals surface area contributed by atoms with Crippen molar-refractivity contribution in [3.8, 4) is 6.07 Å². The van der Waals surface area contributed by atoms with Crippen LogP contribution in [0.1, 0.15) is 26.3 Å². The maximum Gasteiger partial charge on any atom is 0.166 e. The van der Waals surface area contributed by atoms with Crippen LogP contribution in [0.5, 0.6) is 0 Å². The highest BCUT2D eigenvalue weighted by Crippen LogP contribution is 2.08. The molecule has 0 unspecified atom stereocenters. The number of quaternary nitrogens is 1. The zero-order chi connectivity index (χ0) is 16.5. The molecule has 0 aliphatic rings. The molecule has 0 aliphatic carbocycles. The molecule has 1 rings (SSSR count). The predicted octanol–water partition coefficient (Wildman–Crippen LogP) is 2.29. The lowest BCUT2D eigenvalue weighted by Gasteiger charge is -2.32. The van der Waals surface area contributed by atoms with Gasteiger partial charge < -0.3 is 9.04 Å². The Labute approximate surface area is 128 Å². The van der Waals surface area contributed by atoms with Crippen molar-refractivity contribution in [1.29, 1.82) is 5.26 Å². The van der Waals surface area contributed by atoms with Crippen LogP contribution in [0.2, 0.25) is 0 Å². The Morgan fingerprint density at radius 1 is 1.10 bits per heavy atom. The Morgan fingerprint density at radius 2 is 1.52 bits per heavy atom. The summed E-state index contributed by atoms with van der Waals surface area (Å²) in [5.74, 6) is 0. The number of hydrogen-bond donors (Lipinski definition) is 0. The first-order chi connectivity index (χ1) is 9.74. The second-order valence-electron chi connectivity index (χ2n) is 4.87. The van der Waals surface area contributed by atoms with E-state index < -0.39 is 10.1 Å². The van der Waals surface area contributed by atoms with Crippen LogP contribution in [0.3, 0.4) is 0 Å². The van der Waals surface area contributed by atoms with Gasteiger partial charge in [0.1, 0.15) is 16.2 Å². The Morgan fingerprint density at radius 3 is 1.76 bits per heavy atom. The lowest BCUT2D eigenvalue weighted by molar-refractivity contribution is -0.916. The third kappa shape index (κ3) is 6.71. The van der Waals surface area contributed by atoms with Crippen molar-refractivity contribution in [3.05, 3.63) is 29.8 Å². The van der Waals surface area contributed by atoms with Gasteiger partial charge in [0.25, 0.3) is 0 Å². The van der Waals surface area contributed by atoms with E-state index in [1.807, 2.05) is 6.92 Å². The van der Waals surface area contributed by atoms with Gasteiger partial charge in [-0.25, -0.2) is 8.42 Å². The minimum absolute atomic E-state index is 0.178. The molecule has 6 heteroatoms. The van der Waals surface area contributed by atoms with Crippen molar-refractivity contribution in [2.45, 2.75) is 32.6 Å². The average molecular weight is 312 g/mol. The summed E-state index contributed by atoms with van der Waals surface area (Å²) in [7, 11) is -4.27. The summed E-state index contributed by atoms with van der Waals surface area (Å²) in [6.45, 7) is 12.1. The fourth-order valence-corrected chi connectivity index (χ4v) is 2.33. The molecular weight excluding hydrogens is 288 g/mol. The summed E-state index contributed by atoms with van der Waals surface area (Å²) in [6, 6.07) is 8.02. The normalized spacial score (nSPS) is 11.2. The summed E-state index contributed by atoms with van der Waals surface area (Å²) in [6.07, 6.45) is 0. The Balaban J connectivity index is 0.000000384. The topological polar surface area (TPSA) is 81.0 Å². The summed E-state index contributed by atoms with van der Waals surface area (Å²) < 4.78 is 32.1. The molecule has 0 fully saturated rings. The molecule has 118 valence electrons. The van der Waals surface area contributed by atoms with E-state index in [4.69, 9.17) is 5.26 Å². The van der Waals surface area contributed by atoms with Crippen LogP contribution < -0.4 is 0 Å². The highest BCUT2D eigenvalue weighted by molar-refractivity contribution is 7.85. The van der Waals surface area contributed by atoms with Crippen LogP contribution in [-0.2, 0) is 10.1 Å². The molecule has 0 saturated carbocycles. The second-order valence-corrected chi connectivity index (χ2v) is 6.25. The van der Waals surface area contributed by atoms with E-state index in [1.165, 1.54) is 12.1 Å². The quantitative estimate of drug-likeness (QED) is 0.474. The molecule has 0 atom stereocenters. The van der Waals surface area contributed by atoms with Gasteiger partial charge >= 0.3 is 0 Å². The van der Waals surface area contributed by atoms with E-state index in [0.29, 0.717) is 6.54 Å². The van der Waals surface area contributed by atoms with E-state index in [0.717, 1.165) is 29.7 Å². The second kappa shape index (κ2) is 8.78. The van der Waals surface area contributed by atoms with Crippen molar-refractivity contribution in [2.24, 2.45) is 0 Å². The largest absolute Gasteiger partial charge is 0.744 e. The maximum absolute atomic E-state index is 10.4. The molecular formula is C15H24N2O3S. The van der Waals surface area contributed by atoms with Gasteiger partial charge in [-0.2, -0.15) is 5.26 Å². The third-order valence-corrected chi connectivity index (χ3v) is 4.58. The average Bonchev–Trinajstić information content (AvgIpc) is 2.45. The predicted molar refractivity (Wildman–Crippen MR) is 81.5 cm³/mol. The monoisotopic (exact) mass is 312 g/mol. The van der Waals surface area contributed by atoms with Crippen molar-refractivity contribution < 1.29 is 17.5 Å². The first kappa shape index (κ1) is 19.6. The van der Waals surface area contributed by atoms with Crippen LogP contribution in [-0.4, -0.2) is 43.6 Å². The van der Waals surface area contributed by atoms with Crippen LogP contribution in [0, 0.1) is 18.3 Å². The summed E-state index contributed by atoms with van der Waals surface area (Å²) >= 11 is 0. The zero-order valence-electron chi connectivity index (χ0n) is 13.2. The number of aryl methyl sites for hydroxylation is 1. The first-order valence-electron chi connectivity index (χ1n) is 6.99. The van der Waals surface area contributed by atoms with Gasteiger partial charge in [0, 0.05) is 0 Å². The van der Waals surface area contributed by atoms with Crippen LogP contribution >= 0.6 is 0 Å². The van der Waals surface area contributed by atoms with Crippen LogP contribution in [0.4, 0.5) is 0 Å². The number of hydrogen-bond acceptors (Lipinski definition) is 4. The standard InChI is InChI=1S/C8H17N2.C7H8O3S/c1-4-10(5-2,6-3)8-7-9;1-6-2-4-7(5-3-6)11(8,9)10/h4-6,8H2,1-3H3;2-5H,1H3,(H,8,9,10)/q+1;/p-1. The van der Waals surface area contributed by atoms with Crippen molar-refractivity contribution in [2.75, 3.05) is 26.2 Å². The molecule has 0 saturated heterocycles. The lowest BCUT2D eigenvalue weighted by Crippen LogP contribution is -2.47. The Bertz CT molecular complexity index is 547. The molecule has 0 radical (unpaired) electrons. The van der Waals surface area contributed by atoms with Gasteiger partial charge in [-0.05, 0) is 39.8 Å². The van der Waals surface area contributed by atoms with Gasteiger partial charge in [0.05, 0.1) is 24.5 Å². The minimum Gasteiger partial charge on any atom is -0.744 e. The van der Waals surface area contributed by atoms with E-state index in [-0.39, 0.29) is 4.90 Å². The highest BCUT2D eigenvalue weighted by Gasteiger charge is 2.18. The molecule has 1 aromatic carbocycles. The third-order valence-electron chi connectivity index (χ3n) is 3.73. The van der Waals surface area contributed by atoms with Gasteiger partial charge in [0.2, 0.25) is 0 Å². The maximum atomic E-state index is 10.4. The summed E-state index contributed by atoms with van der Waals surface area (Å²) in [5, 5.41) is 8.53. The minimum atomic E-state index is -4.27. The number of benzene rings is 1. The zero-order valence-corrected chi connectivity index (χ0v) is 14.0. The number of nitriles is 1.